The van der Waals surface area contributed by atoms with Crippen LogP contribution in [0.5, 0.6) is 0 Å². The van der Waals surface area contributed by atoms with Gasteiger partial charge >= 0.3 is 0 Å². The molecule has 0 saturated heterocycles. The van der Waals surface area contributed by atoms with E-state index in [1.165, 1.54) is 0 Å². The highest BCUT2D eigenvalue weighted by atomic mass is 16.5. The van der Waals surface area contributed by atoms with Crippen molar-refractivity contribution in [1.82, 2.24) is 10.1 Å². The molecule has 0 atom stereocenters. The lowest BCUT2D eigenvalue weighted by atomic mass is 10.1. The second-order valence-electron chi connectivity index (χ2n) is 3.67. The molecule has 2 aromatic heterocycles. The van der Waals surface area contributed by atoms with Gasteiger partial charge in [0.25, 0.3) is 5.71 Å². The van der Waals surface area contributed by atoms with Crippen molar-refractivity contribution in [2.45, 2.75) is 33.2 Å². The van der Waals surface area contributed by atoms with Crippen LogP contribution in [0.25, 0.3) is 11.1 Å². The van der Waals surface area contributed by atoms with E-state index < -0.39 is 0 Å². The Morgan fingerprint density at radius 1 is 1.47 bits per heavy atom. The van der Waals surface area contributed by atoms with Crippen LogP contribution >= 0.6 is 0 Å². The van der Waals surface area contributed by atoms with E-state index in [2.05, 4.69) is 23.1 Å². The molecule has 4 nitrogen and oxygen atoms in total. The average Bonchev–Trinajstić information content (AvgIpc) is 2.60. The zero-order chi connectivity index (χ0) is 10.8. The zero-order valence-electron chi connectivity index (χ0n) is 9.08. The van der Waals surface area contributed by atoms with Crippen LogP contribution in [0.2, 0.25) is 0 Å². The van der Waals surface area contributed by atoms with Gasteiger partial charge in [-0.05, 0) is 25.0 Å². The SMILES string of the molecule is CCCc1cc(CN)c2c(C)noc2n1. The average molecular weight is 205 g/mol. The largest absolute Gasteiger partial charge is 0.336 e. The number of nitrogens with zero attached hydrogens (tertiary/aromatic N) is 2. The van der Waals surface area contributed by atoms with Gasteiger partial charge in [0, 0.05) is 12.2 Å². The third-order valence-electron chi connectivity index (χ3n) is 2.48. The molecule has 80 valence electrons. The predicted octanol–water partition coefficient (Wildman–Crippen LogP) is 1.94. The van der Waals surface area contributed by atoms with Gasteiger partial charge in [-0.3, -0.25) is 0 Å². The van der Waals surface area contributed by atoms with Gasteiger partial charge in [-0.25, -0.2) is 4.98 Å². The fourth-order valence-electron chi connectivity index (χ4n) is 1.78. The maximum atomic E-state index is 5.71. The summed E-state index contributed by atoms with van der Waals surface area (Å²) in [6.45, 7) is 4.53. The van der Waals surface area contributed by atoms with Crippen LogP contribution in [-0.2, 0) is 13.0 Å². The highest BCUT2D eigenvalue weighted by molar-refractivity contribution is 5.80. The fraction of sp³-hybridized carbons (Fsp3) is 0.455. The van der Waals surface area contributed by atoms with Crippen LogP contribution < -0.4 is 5.73 Å². The molecule has 4 heteroatoms. The number of aromatic nitrogens is 2. The molecule has 0 aliphatic carbocycles. The molecule has 2 heterocycles. The summed E-state index contributed by atoms with van der Waals surface area (Å²) in [6.07, 6.45) is 2.01. The van der Waals surface area contributed by atoms with Crippen molar-refractivity contribution in [1.29, 1.82) is 0 Å². The van der Waals surface area contributed by atoms with Gasteiger partial charge in [0.2, 0.25) is 0 Å². The molecule has 2 rings (SSSR count). The predicted molar refractivity (Wildman–Crippen MR) is 58.4 cm³/mol. The van der Waals surface area contributed by atoms with Crippen molar-refractivity contribution in [2.75, 3.05) is 0 Å². The molecule has 0 radical (unpaired) electrons. The molecule has 0 saturated carbocycles. The highest BCUT2D eigenvalue weighted by Gasteiger charge is 2.11. The summed E-state index contributed by atoms with van der Waals surface area (Å²) >= 11 is 0. The second-order valence-corrected chi connectivity index (χ2v) is 3.67. The van der Waals surface area contributed by atoms with Gasteiger partial charge in [-0.1, -0.05) is 18.5 Å². The lowest BCUT2D eigenvalue weighted by Crippen LogP contribution is -2.00. The molecule has 15 heavy (non-hydrogen) atoms. The summed E-state index contributed by atoms with van der Waals surface area (Å²) in [5, 5.41) is 4.88. The van der Waals surface area contributed by atoms with Crippen LogP contribution in [0.15, 0.2) is 10.6 Å². The van der Waals surface area contributed by atoms with E-state index >= 15 is 0 Å². The van der Waals surface area contributed by atoms with E-state index in [1.807, 2.05) is 6.92 Å². The van der Waals surface area contributed by atoms with Gasteiger partial charge in [0.05, 0.1) is 11.1 Å². The molecule has 2 N–H and O–H groups in total. The van der Waals surface area contributed by atoms with Crippen LogP contribution in [0.4, 0.5) is 0 Å². The molecule has 0 fully saturated rings. The summed E-state index contributed by atoms with van der Waals surface area (Å²) in [5.74, 6) is 0. The number of nitrogens with two attached hydrogens (primary N) is 1. The van der Waals surface area contributed by atoms with E-state index in [1.54, 1.807) is 0 Å². The van der Waals surface area contributed by atoms with Gasteiger partial charge in [-0.15, -0.1) is 0 Å². The second kappa shape index (κ2) is 3.98. The molecule has 0 unspecified atom stereocenters. The van der Waals surface area contributed by atoms with E-state index in [4.69, 9.17) is 10.3 Å². The van der Waals surface area contributed by atoms with E-state index in [-0.39, 0.29) is 0 Å². The lowest BCUT2D eigenvalue weighted by Gasteiger charge is -2.02. The Balaban J connectivity index is 2.62. The van der Waals surface area contributed by atoms with Crippen LogP contribution in [0.1, 0.15) is 30.3 Å². The topological polar surface area (TPSA) is 64.9 Å². The van der Waals surface area contributed by atoms with Gasteiger partial charge in [0.1, 0.15) is 0 Å². The molecular weight excluding hydrogens is 190 g/mol. The number of hydrogen-bond acceptors (Lipinski definition) is 4. The Morgan fingerprint density at radius 3 is 2.93 bits per heavy atom. The third-order valence-corrected chi connectivity index (χ3v) is 2.48. The number of hydrogen-bond donors (Lipinski definition) is 1. The molecule has 0 aromatic carbocycles. The minimum Gasteiger partial charge on any atom is -0.336 e. The summed E-state index contributed by atoms with van der Waals surface area (Å²) in [5.41, 5.74) is 9.28. The quantitative estimate of drug-likeness (QED) is 0.831. The van der Waals surface area contributed by atoms with Crippen molar-refractivity contribution in [3.63, 3.8) is 0 Å². The molecule has 2 aromatic rings. The van der Waals surface area contributed by atoms with Gasteiger partial charge in [0.15, 0.2) is 0 Å². The van der Waals surface area contributed by atoms with E-state index in [0.717, 1.165) is 35.2 Å². The number of fused-ring (bicyclic) bond motifs is 1. The molecule has 0 aliphatic rings. The van der Waals surface area contributed by atoms with Gasteiger partial charge < -0.3 is 10.3 Å². The van der Waals surface area contributed by atoms with Crippen LogP contribution in [0.3, 0.4) is 0 Å². The number of pyridine rings is 1. The monoisotopic (exact) mass is 205 g/mol. The summed E-state index contributed by atoms with van der Waals surface area (Å²) in [6, 6.07) is 2.05. The first-order valence-electron chi connectivity index (χ1n) is 5.21. The fourth-order valence-corrected chi connectivity index (χ4v) is 1.78. The number of aryl methyl sites for hydroxylation is 2. The highest BCUT2D eigenvalue weighted by Crippen LogP contribution is 2.21. The molecule has 0 amide bonds. The van der Waals surface area contributed by atoms with Gasteiger partial charge in [-0.2, -0.15) is 0 Å². The normalized spacial score (nSPS) is 11.1. The Labute approximate surface area is 88.5 Å². The van der Waals surface area contributed by atoms with Crippen molar-refractivity contribution in [3.8, 4) is 0 Å². The Hall–Kier alpha value is -1.42. The first-order chi connectivity index (χ1) is 7.26. The van der Waals surface area contributed by atoms with E-state index in [0.29, 0.717) is 12.3 Å². The number of rotatable bonds is 3. The molecule has 0 aliphatic heterocycles. The van der Waals surface area contributed by atoms with Crippen LogP contribution in [-0.4, -0.2) is 10.1 Å². The van der Waals surface area contributed by atoms with Crippen molar-refractivity contribution < 1.29 is 4.52 Å². The first-order valence-corrected chi connectivity index (χ1v) is 5.21. The van der Waals surface area contributed by atoms with E-state index in [9.17, 15) is 0 Å². The minimum absolute atomic E-state index is 0.498. The summed E-state index contributed by atoms with van der Waals surface area (Å²) < 4.78 is 5.16. The third kappa shape index (κ3) is 1.72. The molecule has 0 bridgehead atoms. The van der Waals surface area contributed by atoms with Crippen molar-refractivity contribution in [3.05, 3.63) is 23.0 Å². The van der Waals surface area contributed by atoms with Crippen molar-refractivity contribution in [2.24, 2.45) is 5.73 Å². The summed E-state index contributed by atoms with van der Waals surface area (Å²) in [4.78, 5) is 4.41. The smallest absolute Gasteiger partial charge is 0.258 e. The molecule has 0 spiro atoms. The lowest BCUT2D eigenvalue weighted by molar-refractivity contribution is 0.442. The summed E-state index contributed by atoms with van der Waals surface area (Å²) in [7, 11) is 0. The zero-order valence-corrected chi connectivity index (χ0v) is 9.08. The Bertz CT molecular complexity index is 476. The Morgan fingerprint density at radius 2 is 2.27 bits per heavy atom. The van der Waals surface area contributed by atoms with Crippen molar-refractivity contribution >= 4 is 11.1 Å². The standard InChI is InChI=1S/C11H15N3O/c1-3-4-9-5-8(6-12)10-7(2)14-15-11(10)13-9/h5H,3-4,6,12H2,1-2H3. The van der Waals surface area contributed by atoms with Crippen LogP contribution in [0, 0.1) is 6.92 Å². The maximum absolute atomic E-state index is 5.71. The molecular formula is C11H15N3O. The first kappa shape index (κ1) is 10.1. The Kier molecular flexibility index (Phi) is 2.68. The minimum atomic E-state index is 0.498. The maximum Gasteiger partial charge on any atom is 0.258 e.